The molecule has 0 radical (unpaired) electrons. The average Bonchev–Trinajstić information content (AvgIpc) is 2.54. The van der Waals surface area contributed by atoms with E-state index in [-0.39, 0.29) is 6.61 Å². The van der Waals surface area contributed by atoms with Crippen LogP contribution in [0, 0.1) is 0 Å². The zero-order chi connectivity index (χ0) is 14.4. The maximum atomic E-state index is 9.72. The molecule has 2 aromatic rings. The topological polar surface area (TPSA) is 41.5 Å². The molecule has 0 spiro atoms. The first-order valence-corrected chi connectivity index (χ1v) is 6.72. The summed E-state index contributed by atoms with van der Waals surface area (Å²) in [5.74, 6) is 0.849. The van der Waals surface area contributed by atoms with Gasteiger partial charge in [-0.05, 0) is 30.2 Å². The average molecular weight is 271 g/mol. The second-order valence-corrected chi connectivity index (χ2v) is 5.06. The minimum Gasteiger partial charge on any atom is -0.497 e. The van der Waals surface area contributed by atoms with Gasteiger partial charge in [0.1, 0.15) is 5.75 Å². The van der Waals surface area contributed by atoms with Gasteiger partial charge in [0.25, 0.3) is 0 Å². The first-order valence-electron chi connectivity index (χ1n) is 6.72. The number of rotatable bonds is 6. The third-order valence-corrected chi connectivity index (χ3v) is 3.57. The van der Waals surface area contributed by atoms with Gasteiger partial charge in [-0.25, -0.2) is 0 Å². The number of hydrogen-bond donors (Lipinski definition) is 2. The molecule has 1 unspecified atom stereocenters. The molecule has 0 saturated carbocycles. The van der Waals surface area contributed by atoms with Gasteiger partial charge in [-0.15, -0.1) is 0 Å². The molecule has 2 aromatic carbocycles. The van der Waals surface area contributed by atoms with Crippen LogP contribution >= 0.6 is 0 Å². The highest BCUT2D eigenvalue weighted by molar-refractivity contribution is 5.28. The second kappa shape index (κ2) is 6.55. The predicted molar refractivity (Wildman–Crippen MR) is 80.7 cm³/mol. The van der Waals surface area contributed by atoms with Crippen LogP contribution in [0.4, 0.5) is 0 Å². The van der Waals surface area contributed by atoms with E-state index in [0.717, 1.165) is 16.9 Å². The van der Waals surface area contributed by atoms with Gasteiger partial charge in [0.05, 0.1) is 19.3 Å². The quantitative estimate of drug-likeness (QED) is 0.849. The number of aliphatic hydroxyl groups is 1. The van der Waals surface area contributed by atoms with E-state index in [1.54, 1.807) is 7.11 Å². The fraction of sp³-hybridized carbons (Fsp3) is 0.294. The first-order chi connectivity index (χ1) is 9.68. The number of aliphatic hydroxyl groups excluding tert-OH is 1. The minimum atomic E-state index is -0.443. The summed E-state index contributed by atoms with van der Waals surface area (Å²) < 4.78 is 5.14. The lowest BCUT2D eigenvalue weighted by Crippen LogP contribution is -2.42. The standard InChI is InChI=1S/C17H21NO2/c1-17(13-19,15-6-4-3-5-7-15)18-12-14-8-10-16(20-2)11-9-14/h3-11,18-19H,12-13H2,1-2H3. The summed E-state index contributed by atoms with van der Waals surface area (Å²) >= 11 is 0. The monoisotopic (exact) mass is 271 g/mol. The molecule has 0 aromatic heterocycles. The van der Waals surface area contributed by atoms with Crippen molar-refractivity contribution in [2.24, 2.45) is 0 Å². The summed E-state index contributed by atoms with van der Waals surface area (Å²) in [4.78, 5) is 0. The van der Waals surface area contributed by atoms with Gasteiger partial charge >= 0.3 is 0 Å². The van der Waals surface area contributed by atoms with Crippen LogP contribution in [0.3, 0.4) is 0 Å². The van der Waals surface area contributed by atoms with E-state index in [0.29, 0.717) is 6.54 Å². The molecule has 0 aliphatic rings. The van der Waals surface area contributed by atoms with Crippen LogP contribution in [0.25, 0.3) is 0 Å². The first kappa shape index (κ1) is 14.6. The molecule has 1 atom stereocenters. The third kappa shape index (κ3) is 3.38. The van der Waals surface area contributed by atoms with Crippen LogP contribution in [0.1, 0.15) is 18.1 Å². The highest BCUT2D eigenvalue weighted by Crippen LogP contribution is 2.21. The Hall–Kier alpha value is -1.84. The van der Waals surface area contributed by atoms with Crippen molar-refractivity contribution in [1.29, 1.82) is 0 Å². The van der Waals surface area contributed by atoms with Crippen molar-refractivity contribution >= 4 is 0 Å². The molecule has 0 aliphatic heterocycles. The van der Waals surface area contributed by atoms with Gasteiger partial charge in [-0.1, -0.05) is 42.5 Å². The Morgan fingerprint density at radius 2 is 1.70 bits per heavy atom. The number of nitrogens with one attached hydrogen (secondary N) is 1. The normalized spacial score (nSPS) is 13.8. The Morgan fingerprint density at radius 1 is 1.05 bits per heavy atom. The summed E-state index contributed by atoms with van der Waals surface area (Å²) in [5, 5.41) is 13.1. The Balaban J connectivity index is 2.06. The Labute approximate surface area is 120 Å². The van der Waals surface area contributed by atoms with E-state index in [2.05, 4.69) is 5.32 Å². The van der Waals surface area contributed by atoms with Crippen molar-refractivity contribution in [3.63, 3.8) is 0 Å². The van der Waals surface area contributed by atoms with Crippen LogP contribution in [0.2, 0.25) is 0 Å². The van der Waals surface area contributed by atoms with Gasteiger partial charge in [-0.2, -0.15) is 0 Å². The molecule has 2 rings (SSSR count). The zero-order valence-corrected chi connectivity index (χ0v) is 12.0. The van der Waals surface area contributed by atoms with E-state index >= 15 is 0 Å². The molecule has 0 saturated heterocycles. The van der Waals surface area contributed by atoms with Crippen molar-refractivity contribution in [3.05, 3.63) is 65.7 Å². The van der Waals surface area contributed by atoms with Crippen LogP contribution in [0.5, 0.6) is 5.75 Å². The fourth-order valence-corrected chi connectivity index (χ4v) is 2.10. The number of benzene rings is 2. The molecule has 0 aliphatic carbocycles. The molecule has 0 heterocycles. The van der Waals surface area contributed by atoms with E-state index in [1.807, 2.05) is 61.5 Å². The number of hydrogen-bond acceptors (Lipinski definition) is 3. The van der Waals surface area contributed by atoms with E-state index in [9.17, 15) is 5.11 Å². The fourth-order valence-electron chi connectivity index (χ4n) is 2.10. The van der Waals surface area contributed by atoms with Crippen molar-refractivity contribution in [2.45, 2.75) is 19.0 Å². The Bertz CT molecular complexity index is 524. The highest BCUT2D eigenvalue weighted by atomic mass is 16.5. The summed E-state index contributed by atoms with van der Waals surface area (Å²) in [6.07, 6.45) is 0. The van der Waals surface area contributed by atoms with Crippen molar-refractivity contribution in [1.82, 2.24) is 5.32 Å². The lowest BCUT2D eigenvalue weighted by atomic mass is 9.92. The molecule has 3 nitrogen and oxygen atoms in total. The smallest absolute Gasteiger partial charge is 0.118 e. The Kier molecular flexibility index (Phi) is 4.77. The Morgan fingerprint density at radius 3 is 2.25 bits per heavy atom. The van der Waals surface area contributed by atoms with Crippen LogP contribution in [0.15, 0.2) is 54.6 Å². The number of ether oxygens (including phenoxy) is 1. The van der Waals surface area contributed by atoms with Gasteiger partial charge in [-0.3, -0.25) is 0 Å². The summed E-state index contributed by atoms with van der Waals surface area (Å²) in [7, 11) is 1.66. The van der Waals surface area contributed by atoms with E-state index in [4.69, 9.17) is 4.74 Å². The lowest BCUT2D eigenvalue weighted by Gasteiger charge is -2.29. The van der Waals surface area contributed by atoms with Crippen LogP contribution in [-0.2, 0) is 12.1 Å². The lowest BCUT2D eigenvalue weighted by molar-refractivity contribution is 0.173. The van der Waals surface area contributed by atoms with Crippen molar-refractivity contribution in [2.75, 3.05) is 13.7 Å². The largest absolute Gasteiger partial charge is 0.497 e. The summed E-state index contributed by atoms with van der Waals surface area (Å²) in [6, 6.07) is 17.9. The molecule has 0 amide bonds. The van der Waals surface area contributed by atoms with Crippen LogP contribution in [-0.4, -0.2) is 18.8 Å². The second-order valence-electron chi connectivity index (χ2n) is 5.06. The highest BCUT2D eigenvalue weighted by Gasteiger charge is 2.24. The predicted octanol–water partition coefficient (Wildman–Crippen LogP) is 2.69. The molecule has 3 heteroatoms. The van der Waals surface area contributed by atoms with Gasteiger partial charge in [0.15, 0.2) is 0 Å². The van der Waals surface area contributed by atoms with Gasteiger partial charge < -0.3 is 15.2 Å². The van der Waals surface area contributed by atoms with Gasteiger partial charge in [0.2, 0.25) is 0 Å². The SMILES string of the molecule is COc1ccc(CNC(C)(CO)c2ccccc2)cc1. The molecule has 106 valence electrons. The molecular formula is C17H21NO2. The summed E-state index contributed by atoms with van der Waals surface area (Å²) in [6.45, 7) is 2.75. The number of methoxy groups -OCH3 is 1. The van der Waals surface area contributed by atoms with Crippen molar-refractivity contribution in [3.8, 4) is 5.75 Å². The molecular weight excluding hydrogens is 250 g/mol. The molecule has 0 fully saturated rings. The van der Waals surface area contributed by atoms with E-state index < -0.39 is 5.54 Å². The molecule has 20 heavy (non-hydrogen) atoms. The zero-order valence-electron chi connectivity index (χ0n) is 12.0. The van der Waals surface area contributed by atoms with Gasteiger partial charge in [0, 0.05) is 6.54 Å². The molecule has 2 N–H and O–H groups in total. The maximum absolute atomic E-state index is 9.72. The third-order valence-electron chi connectivity index (χ3n) is 3.57. The van der Waals surface area contributed by atoms with E-state index in [1.165, 1.54) is 0 Å². The summed E-state index contributed by atoms with van der Waals surface area (Å²) in [5.41, 5.74) is 1.79. The maximum Gasteiger partial charge on any atom is 0.118 e. The van der Waals surface area contributed by atoms with Crippen LogP contribution < -0.4 is 10.1 Å². The van der Waals surface area contributed by atoms with Crippen molar-refractivity contribution < 1.29 is 9.84 Å². The molecule has 0 bridgehead atoms. The minimum absolute atomic E-state index is 0.0488.